The van der Waals surface area contributed by atoms with Gasteiger partial charge < -0.3 is 14.8 Å². The first-order valence-electron chi connectivity index (χ1n) is 21.6. The molecule has 1 aromatic heterocycles. The summed E-state index contributed by atoms with van der Waals surface area (Å²) >= 11 is 0. The molecular formula is C59H40N4. The van der Waals surface area contributed by atoms with Gasteiger partial charge in [-0.15, -0.1) is 0 Å². The molecule has 2 heterocycles. The monoisotopic (exact) mass is 804 g/mol. The molecule has 1 aliphatic heterocycles. The number of hydrogen-bond acceptors (Lipinski definition) is 3. The summed E-state index contributed by atoms with van der Waals surface area (Å²) in [5.41, 5.74) is 15.9. The largest absolute Gasteiger partial charge is 0.354 e. The van der Waals surface area contributed by atoms with E-state index < -0.39 is 0 Å². The lowest BCUT2D eigenvalue weighted by molar-refractivity contribution is 0.745. The van der Waals surface area contributed by atoms with Crippen molar-refractivity contribution in [2.45, 2.75) is 12.0 Å². The smallest absolute Gasteiger partial charge is 0.101 e. The number of nitriles is 1. The van der Waals surface area contributed by atoms with E-state index in [9.17, 15) is 5.26 Å². The van der Waals surface area contributed by atoms with E-state index in [0.717, 1.165) is 61.6 Å². The lowest BCUT2D eigenvalue weighted by Crippen LogP contribution is -2.28. The van der Waals surface area contributed by atoms with Gasteiger partial charge in [0.05, 0.1) is 28.3 Å². The third-order valence-corrected chi connectivity index (χ3v) is 12.9. The van der Waals surface area contributed by atoms with Gasteiger partial charge in [0.1, 0.15) is 6.07 Å². The second-order valence-electron chi connectivity index (χ2n) is 16.5. The van der Waals surface area contributed by atoms with Gasteiger partial charge in [-0.3, -0.25) is 0 Å². The van der Waals surface area contributed by atoms with E-state index in [1.54, 1.807) is 0 Å². The minimum Gasteiger partial charge on any atom is -0.354 e. The molecule has 0 fully saturated rings. The van der Waals surface area contributed by atoms with Crippen molar-refractivity contribution < 1.29 is 0 Å². The molecule has 0 spiro atoms. The van der Waals surface area contributed by atoms with Crippen LogP contribution in [-0.2, 0) is 0 Å². The van der Waals surface area contributed by atoms with Crippen LogP contribution < -0.4 is 10.2 Å². The van der Waals surface area contributed by atoms with E-state index >= 15 is 0 Å². The fourth-order valence-electron chi connectivity index (χ4n) is 10.0. The Labute approximate surface area is 366 Å². The van der Waals surface area contributed by atoms with Gasteiger partial charge in [0.25, 0.3) is 0 Å². The predicted octanol–water partition coefficient (Wildman–Crippen LogP) is 15.3. The fourth-order valence-corrected chi connectivity index (χ4v) is 10.0. The number of fused-ring (bicyclic) bond motifs is 8. The number of aromatic nitrogens is 1. The Balaban J connectivity index is 0.983. The zero-order chi connectivity index (χ0) is 41.9. The van der Waals surface area contributed by atoms with Crippen LogP contribution in [0, 0.1) is 11.3 Å². The molecule has 0 bridgehead atoms. The molecule has 63 heavy (non-hydrogen) atoms. The summed E-state index contributed by atoms with van der Waals surface area (Å²) in [6.45, 7) is 0. The van der Waals surface area contributed by atoms with Crippen LogP contribution in [0.15, 0.2) is 224 Å². The Morgan fingerprint density at radius 1 is 0.476 bits per heavy atom. The van der Waals surface area contributed by atoms with Crippen LogP contribution in [0.3, 0.4) is 0 Å². The van der Waals surface area contributed by atoms with E-state index in [2.05, 4.69) is 227 Å². The molecule has 2 unspecified atom stereocenters. The average molecular weight is 805 g/mol. The number of hydrogen-bond donors (Lipinski definition) is 1. The van der Waals surface area contributed by atoms with Crippen molar-refractivity contribution in [3.05, 3.63) is 236 Å². The van der Waals surface area contributed by atoms with E-state index in [0.29, 0.717) is 11.5 Å². The van der Waals surface area contributed by atoms with Gasteiger partial charge in [-0.05, 0) is 111 Å². The summed E-state index contributed by atoms with van der Waals surface area (Å²) in [6.07, 6.45) is 9.01. The summed E-state index contributed by atoms with van der Waals surface area (Å²) in [5, 5.41) is 19.4. The Bertz CT molecular complexity index is 3520. The topological polar surface area (TPSA) is 44.0 Å². The van der Waals surface area contributed by atoms with Crippen LogP contribution in [0.1, 0.15) is 17.0 Å². The number of benzene rings is 9. The highest BCUT2D eigenvalue weighted by molar-refractivity contribution is 6.22. The van der Waals surface area contributed by atoms with Gasteiger partial charge in [0.2, 0.25) is 0 Å². The zero-order valence-electron chi connectivity index (χ0n) is 34.4. The Kier molecular flexibility index (Phi) is 8.65. The highest BCUT2D eigenvalue weighted by Crippen LogP contribution is 2.49. The molecule has 1 N–H and O–H groups in total. The predicted molar refractivity (Wildman–Crippen MR) is 262 cm³/mol. The van der Waals surface area contributed by atoms with Gasteiger partial charge in [-0.2, -0.15) is 5.26 Å². The molecule has 0 saturated heterocycles. The average Bonchev–Trinajstić information content (AvgIpc) is 3.88. The lowest BCUT2D eigenvalue weighted by atomic mass is 9.91. The molecule has 4 nitrogen and oxygen atoms in total. The summed E-state index contributed by atoms with van der Waals surface area (Å²) < 4.78 is 2.32. The van der Waals surface area contributed by atoms with Crippen molar-refractivity contribution in [3.63, 3.8) is 0 Å². The van der Waals surface area contributed by atoms with Crippen LogP contribution >= 0.6 is 0 Å². The highest BCUT2D eigenvalue weighted by atomic mass is 15.2. The zero-order valence-corrected chi connectivity index (χ0v) is 34.4. The normalized spacial score (nSPS) is 15.1. The van der Waals surface area contributed by atoms with Crippen molar-refractivity contribution in [3.8, 4) is 45.1 Å². The molecule has 296 valence electrons. The molecule has 2 aliphatic rings. The van der Waals surface area contributed by atoms with E-state index in [1.165, 1.54) is 38.4 Å². The molecule has 0 amide bonds. The molecule has 0 radical (unpaired) electrons. The Morgan fingerprint density at radius 3 is 2.00 bits per heavy atom. The van der Waals surface area contributed by atoms with Crippen LogP contribution in [0.2, 0.25) is 0 Å². The van der Waals surface area contributed by atoms with Gasteiger partial charge in [0, 0.05) is 45.0 Å². The second-order valence-corrected chi connectivity index (χ2v) is 16.5. The highest BCUT2D eigenvalue weighted by Gasteiger charge is 2.37. The molecule has 1 aliphatic carbocycles. The fraction of sp³-hybridized carbons (Fsp3) is 0.0339. The van der Waals surface area contributed by atoms with Crippen molar-refractivity contribution in [2.24, 2.45) is 0 Å². The molecule has 2 atom stereocenters. The third kappa shape index (κ3) is 6.13. The standard InChI is InChI=1S/C59H40N4/c60-38-45-35-46(28-31-53(45)61-54-30-26-43(40-16-5-2-6-17-40)36-51(54)44-20-13-19-42(34-44)39-14-3-1-4-15-39)63-57-33-29-47(37-52(57)59-48-21-8-7-18-41(48)27-32-58(59)63)62-55-24-11-9-22-49(55)50-23-10-12-25-56(50)62/h1-37,49,55,61H. The van der Waals surface area contributed by atoms with Crippen molar-refractivity contribution in [1.29, 1.82) is 5.26 Å². The SMILES string of the molecule is N#Cc1cc(-n2c3ccc(N4c5ccccc5C5C=CC=CC54)cc3c3c4ccccc4ccc32)ccc1Nc1ccc(-c2ccccc2)cc1-c1cccc(-c2ccccc2)c1. The van der Waals surface area contributed by atoms with Gasteiger partial charge in [-0.1, -0.05) is 158 Å². The summed E-state index contributed by atoms with van der Waals surface area (Å²) in [4.78, 5) is 2.50. The van der Waals surface area contributed by atoms with Crippen LogP contribution in [0.5, 0.6) is 0 Å². The summed E-state index contributed by atoms with van der Waals surface area (Å²) in [5.74, 6) is 0.304. The van der Waals surface area contributed by atoms with Gasteiger partial charge in [-0.25, -0.2) is 0 Å². The number of nitrogens with one attached hydrogen (secondary N) is 1. The first-order chi connectivity index (χ1) is 31.2. The molecular weight excluding hydrogens is 765 g/mol. The first kappa shape index (κ1) is 36.5. The molecule has 12 rings (SSSR count). The number of para-hydroxylation sites is 1. The van der Waals surface area contributed by atoms with Crippen LogP contribution in [0.25, 0.3) is 71.6 Å². The molecule has 9 aromatic carbocycles. The van der Waals surface area contributed by atoms with Gasteiger partial charge in [0.15, 0.2) is 0 Å². The number of nitrogens with zero attached hydrogens (tertiary/aromatic N) is 3. The minimum absolute atomic E-state index is 0.205. The minimum atomic E-state index is 0.205. The molecule has 10 aromatic rings. The lowest BCUT2D eigenvalue weighted by Gasteiger charge is -2.28. The Morgan fingerprint density at radius 2 is 1.16 bits per heavy atom. The number of rotatable bonds is 7. The van der Waals surface area contributed by atoms with Crippen molar-refractivity contribution in [1.82, 2.24) is 4.57 Å². The van der Waals surface area contributed by atoms with E-state index in [4.69, 9.17) is 0 Å². The Hall–Kier alpha value is -8.39. The van der Waals surface area contributed by atoms with Crippen molar-refractivity contribution >= 4 is 55.3 Å². The van der Waals surface area contributed by atoms with E-state index in [-0.39, 0.29) is 6.04 Å². The summed E-state index contributed by atoms with van der Waals surface area (Å²) in [6, 6.07) is 74.0. The molecule has 4 heteroatoms. The maximum absolute atomic E-state index is 10.8. The summed E-state index contributed by atoms with van der Waals surface area (Å²) in [7, 11) is 0. The van der Waals surface area contributed by atoms with Crippen LogP contribution in [-0.4, -0.2) is 10.6 Å². The van der Waals surface area contributed by atoms with Crippen LogP contribution in [0.4, 0.5) is 22.7 Å². The number of allylic oxidation sites excluding steroid dienone is 2. The van der Waals surface area contributed by atoms with Crippen molar-refractivity contribution in [2.75, 3.05) is 10.2 Å². The quantitative estimate of drug-likeness (QED) is 0.174. The molecule has 0 saturated carbocycles. The third-order valence-electron chi connectivity index (χ3n) is 12.9. The maximum atomic E-state index is 10.8. The second kappa shape index (κ2) is 15.0. The first-order valence-corrected chi connectivity index (χ1v) is 21.6. The van der Waals surface area contributed by atoms with E-state index in [1.807, 2.05) is 18.2 Å². The number of anilines is 4. The maximum Gasteiger partial charge on any atom is 0.101 e. The van der Waals surface area contributed by atoms with Gasteiger partial charge >= 0.3 is 0 Å².